The predicted molar refractivity (Wildman–Crippen MR) is 71.5 cm³/mol. The zero-order valence-electron chi connectivity index (χ0n) is 10.0. The van der Waals surface area contributed by atoms with E-state index in [-0.39, 0.29) is 5.56 Å². The van der Waals surface area contributed by atoms with Crippen LogP contribution < -0.4 is 5.11 Å². The molecule has 0 fully saturated rings. The molecule has 0 radical (unpaired) electrons. The lowest BCUT2D eigenvalue weighted by molar-refractivity contribution is -0.254. The third-order valence-corrected chi connectivity index (χ3v) is 3.01. The van der Waals surface area contributed by atoms with Gasteiger partial charge in [-0.05, 0) is 12.1 Å². The van der Waals surface area contributed by atoms with E-state index < -0.39 is 5.97 Å². The van der Waals surface area contributed by atoms with Crippen molar-refractivity contribution in [3.8, 4) is 11.3 Å². The van der Waals surface area contributed by atoms with Gasteiger partial charge in [-0.1, -0.05) is 48.5 Å². The van der Waals surface area contributed by atoms with Crippen LogP contribution in [-0.2, 0) is 0 Å². The monoisotopic (exact) mass is 248 g/mol. The van der Waals surface area contributed by atoms with E-state index >= 15 is 0 Å². The first-order chi connectivity index (χ1) is 9.25. The highest BCUT2D eigenvalue weighted by Crippen LogP contribution is 2.24. The molecular weight excluding hydrogens is 238 g/mol. The third-order valence-electron chi connectivity index (χ3n) is 3.01. The van der Waals surface area contributed by atoms with Gasteiger partial charge in [0.25, 0.3) is 0 Å². The Morgan fingerprint density at radius 1 is 0.947 bits per heavy atom. The summed E-state index contributed by atoms with van der Waals surface area (Å²) in [5, 5.41) is 11.9. The summed E-state index contributed by atoms with van der Waals surface area (Å²) in [4.78, 5) is 15.8. The second kappa shape index (κ2) is 4.53. The van der Waals surface area contributed by atoms with E-state index in [0.29, 0.717) is 16.6 Å². The lowest BCUT2D eigenvalue weighted by atomic mass is 10.0. The Morgan fingerprint density at radius 3 is 2.37 bits per heavy atom. The number of nitrogens with zero attached hydrogens (tertiary/aromatic N) is 1. The molecule has 0 atom stereocenters. The summed E-state index contributed by atoms with van der Waals surface area (Å²) >= 11 is 0. The number of benzene rings is 2. The average Bonchev–Trinajstić information content (AvgIpc) is 2.47. The summed E-state index contributed by atoms with van der Waals surface area (Å²) in [7, 11) is 0. The highest BCUT2D eigenvalue weighted by atomic mass is 16.4. The summed E-state index contributed by atoms with van der Waals surface area (Å²) < 4.78 is 0. The van der Waals surface area contributed by atoms with Crippen molar-refractivity contribution in [1.29, 1.82) is 0 Å². The second-order valence-corrected chi connectivity index (χ2v) is 4.23. The number of aromatic nitrogens is 1. The van der Waals surface area contributed by atoms with E-state index in [1.807, 2.05) is 36.4 Å². The third kappa shape index (κ3) is 2.06. The van der Waals surface area contributed by atoms with E-state index in [1.165, 1.54) is 0 Å². The average molecular weight is 248 g/mol. The Bertz CT molecular complexity index is 751. The standard InChI is InChI=1S/C16H11NO2/c18-16(19)13-10-15(11-6-2-1-3-7-11)17-14-9-5-4-8-12(13)14/h1-10H,(H,18,19)/p-1. The van der Waals surface area contributed by atoms with E-state index in [0.717, 1.165) is 5.56 Å². The summed E-state index contributed by atoms with van der Waals surface area (Å²) in [6, 6.07) is 18.2. The zero-order chi connectivity index (χ0) is 13.2. The molecule has 0 unspecified atom stereocenters. The molecule has 0 aliphatic rings. The molecule has 0 bridgehead atoms. The van der Waals surface area contributed by atoms with Crippen molar-refractivity contribution in [3.63, 3.8) is 0 Å². The lowest BCUT2D eigenvalue weighted by Gasteiger charge is -2.10. The maximum absolute atomic E-state index is 11.3. The van der Waals surface area contributed by atoms with Gasteiger partial charge >= 0.3 is 0 Å². The van der Waals surface area contributed by atoms with Crippen LogP contribution in [0.4, 0.5) is 0 Å². The maximum Gasteiger partial charge on any atom is 0.0722 e. The Kier molecular flexibility index (Phi) is 2.72. The normalized spacial score (nSPS) is 10.5. The second-order valence-electron chi connectivity index (χ2n) is 4.23. The van der Waals surface area contributed by atoms with Crippen LogP contribution in [0.15, 0.2) is 60.7 Å². The van der Waals surface area contributed by atoms with Crippen LogP contribution in [-0.4, -0.2) is 11.0 Å². The van der Waals surface area contributed by atoms with Gasteiger partial charge in [0.05, 0.1) is 17.2 Å². The van der Waals surface area contributed by atoms with E-state index in [2.05, 4.69) is 4.98 Å². The molecule has 19 heavy (non-hydrogen) atoms. The smallest absolute Gasteiger partial charge is 0.0722 e. The Balaban J connectivity index is 2.31. The molecule has 3 rings (SSSR count). The van der Waals surface area contributed by atoms with Crippen molar-refractivity contribution < 1.29 is 9.90 Å². The van der Waals surface area contributed by atoms with E-state index in [4.69, 9.17) is 0 Å². The van der Waals surface area contributed by atoms with Crippen LogP contribution >= 0.6 is 0 Å². The number of carbonyl (C=O) groups is 1. The topological polar surface area (TPSA) is 53.0 Å². The number of para-hydroxylation sites is 1. The van der Waals surface area contributed by atoms with Crippen LogP contribution in [0.5, 0.6) is 0 Å². The van der Waals surface area contributed by atoms with Gasteiger partial charge < -0.3 is 9.90 Å². The lowest BCUT2D eigenvalue weighted by Crippen LogP contribution is -2.22. The summed E-state index contributed by atoms with van der Waals surface area (Å²) in [6.45, 7) is 0. The minimum Gasteiger partial charge on any atom is -0.545 e. The first-order valence-corrected chi connectivity index (χ1v) is 5.92. The van der Waals surface area contributed by atoms with Crippen LogP contribution in [0.1, 0.15) is 10.4 Å². The van der Waals surface area contributed by atoms with Crippen LogP contribution in [0.25, 0.3) is 22.2 Å². The number of carbonyl (C=O) groups excluding carboxylic acids is 1. The number of carboxylic acid groups (broad SMARTS) is 1. The number of carboxylic acids is 1. The van der Waals surface area contributed by atoms with Crippen LogP contribution in [0.3, 0.4) is 0 Å². The Morgan fingerprint density at radius 2 is 1.63 bits per heavy atom. The quantitative estimate of drug-likeness (QED) is 0.699. The predicted octanol–water partition coefficient (Wildman–Crippen LogP) is 2.27. The first kappa shape index (κ1) is 11.4. The molecule has 1 aromatic heterocycles. The van der Waals surface area contributed by atoms with Crippen molar-refractivity contribution in [2.24, 2.45) is 0 Å². The number of aromatic carboxylic acids is 1. The van der Waals surface area contributed by atoms with Gasteiger partial charge in [-0.15, -0.1) is 0 Å². The highest BCUT2D eigenvalue weighted by Gasteiger charge is 2.07. The van der Waals surface area contributed by atoms with Gasteiger partial charge in [-0.25, -0.2) is 4.98 Å². The van der Waals surface area contributed by atoms with Gasteiger partial charge in [0, 0.05) is 16.5 Å². The fourth-order valence-corrected chi connectivity index (χ4v) is 2.10. The first-order valence-electron chi connectivity index (χ1n) is 5.92. The molecule has 3 heteroatoms. The minimum absolute atomic E-state index is 0.171. The molecule has 0 spiro atoms. The van der Waals surface area contributed by atoms with Gasteiger partial charge in [0.1, 0.15) is 0 Å². The molecule has 92 valence electrons. The van der Waals surface area contributed by atoms with Gasteiger partial charge in [0.2, 0.25) is 0 Å². The highest BCUT2D eigenvalue weighted by molar-refractivity contribution is 6.02. The van der Waals surface area contributed by atoms with Crippen molar-refractivity contribution in [3.05, 3.63) is 66.2 Å². The molecule has 2 aromatic carbocycles. The largest absolute Gasteiger partial charge is 0.545 e. The SMILES string of the molecule is O=C([O-])c1cc(-c2ccccc2)nc2ccccc12. The van der Waals surface area contributed by atoms with Crippen molar-refractivity contribution in [2.45, 2.75) is 0 Å². The number of hydrogen-bond acceptors (Lipinski definition) is 3. The van der Waals surface area contributed by atoms with Gasteiger partial charge in [0.15, 0.2) is 0 Å². The molecule has 1 heterocycles. The molecule has 3 nitrogen and oxygen atoms in total. The van der Waals surface area contributed by atoms with E-state index in [9.17, 15) is 9.90 Å². The summed E-state index contributed by atoms with van der Waals surface area (Å²) in [6.07, 6.45) is 0. The molecule has 0 saturated heterocycles. The van der Waals surface area contributed by atoms with Gasteiger partial charge in [-0.3, -0.25) is 0 Å². The molecule has 0 aliphatic carbocycles. The number of hydrogen-bond donors (Lipinski definition) is 0. The molecule has 0 amide bonds. The molecule has 3 aromatic rings. The van der Waals surface area contributed by atoms with Crippen LogP contribution in [0, 0.1) is 0 Å². The number of pyridine rings is 1. The van der Waals surface area contributed by atoms with Crippen LogP contribution in [0.2, 0.25) is 0 Å². The summed E-state index contributed by atoms with van der Waals surface area (Å²) in [5.74, 6) is -1.18. The fourth-order valence-electron chi connectivity index (χ4n) is 2.10. The zero-order valence-corrected chi connectivity index (χ0v) is 10.0. The molecular formula is C16H10NO2-. The van der Waals surface area contributed by atoms with Crippen molar-refractivity contribution in [1.82, 2.24) is 4.98 Å². The van der Waals surface area contributed by atoms with Crippen molar-refractivity contribution in [2.75, 3.05) is 0 Å². The fraction of sp³-hybridized carbons (Fsp3) is 0. The molecule has 0 saturated carbocycles. The van der Waals surface area contributed by atoms with Crippen molar-refractivity contribution >= 4 is 16.9 Å². The van der Waals surface area contributed by atoms with Gasteiger partial charge in [-0.2, -0.15) is 0 Å². The Hall–Kier alpha value is -2.68. The number of rotatable bonds is 2. The van der Waals surface area contributed by atoms with E-state index in [1.54, 1.807) is 24.3 Å². The molecule has 0 aliphatic heterocycles. The minimum atomic E-state index is -1.18. The Labute approximate surface area is 110 Å². The molecule has 0 N–H and O–H groups in total. The maximum atomic E-state index is 11.3. The number of fused-ring (bicyclic) bond motifs is 1. The summed E-state index contributed by atoms with van der Waals surface area (Å²) in [5.41, 5.74) is 2.35.